The number of nitrogens with one attached hydrogen (secondary N) is 2. The molecular weight excluding hydrogens is 324 g/mol. The minimum absolute atomic E-state index is 0. The number of piperidine rings is 1. The number of amides is 1. The molecule has 1 aliphatic rings. The summed E-state index contributed by atoms with van der Waals surface area (Å²) in [6, 6.07) is 4.12. The highest BCUT2D eigenvalue weighted by Gasteiger charge is 2.28. The van der Waals surface area contributed by atoms with Crippen LogP contribution in [0.2, 0.25) is 0 Å². The second-order valence-corrected chi connectivity index (χ2v) is 7.20. The first kappa shape index (κ1) is 18.8. The summed E-state index contributed by atoms with van der Waals surface area (Å²) in [4.78, 5) is 12.6. The molecule has 2 aromatic rings. The van der Waals surface area contributed by atoms with Gasteiger partial charge in [-0.1, -0.05) is 19.1 Å². The molecule has 0 unspecified atom stereocenters. The van der Waals surface area contributed by atoms with Gasteiger partial charge in [0.05, 0.1) is 0 Å². The van der Waals surface area contributed by atoms with E-state index in [0.717, 1.165) is 53.6 Å². The summed E-state index contributed by atoms with van der Waals surface area (Å²) >= 11 is 0. The largest absolute Gasteiger partial charge is 0.450 e. The van der Waals surface area contributed by atoms with Crippen LogP contribution in [0.4, 0.5) is 0 Å². The number of rotatable bonds is 3. The van der Waals surface area contributed by atoms with Crippen LogP contribution in [-0.2, 0) is 0 Å². The first-order chi connectivity index (χ1) is 10.9. The SMILES string of the molecule is Cc1ccc(C)c2c(C)c(C(=O)NCC3(C)CCNCC3)oc12.Cl. The quantitative estimate of drug-likeness (QED) is 0.882. The molecule has 1 amide bonds. The number of hydrogen-bond acceptors (Lipinski definition) is 3. The zero-order chi connectivity index (χ0) is 16.6. The fourth-order valence-corrected chi connectivity index (χ4v) is 3.47. The van der Waals surface area contributed by atoms with Gasteiger partial charge in [-0.25, -0.2) is 0 Å². The molecule has 1 saturated heterocycles. The molecule has 3 rings (SSSR count). The van der Waals surface area contributed by atoms with Gasteiger partial charge in [-0.2, -0.15) is 0 Å². The Morgan fingerprint density at radius 1 is 1.21 bits per heavy atom. The van der Waals surface area contributed by atoms with Crippen LogP contribution in [-0.4, -0.2) is 25.5 Å². The lowest BCUT2D eigenvalue weighted by molar-refractivity contribution is 0.0896. The van der Waals surface area contributed by atoms with Crippen LogP contribution in [0.25, 0.3) is 11.0 Å². The van der Waals surface area contributed by atoms with E-state index < -0.39 is 0 Å². The number of aryl methyl sites for hydroxylation is 3. The van der Waals surface area contributed by atoms with Gasteiger partial charge in [-0.15, -0.1) is 12.4 Å². The minimum Gasteiger partial charge on any atom is -0.450 e. The summed E-state index contributed by atoms with van der Waals surface area (Å²) < 4.78 is 5.92. The van der Waals surface area contributed by atoms with Crippen molar-refractivity contribution in [3.63, 3.8) is 0 Å². The maximum atomic E-state index is 12.6. The molecule has 132 valence electrons. The molecule has 2 N–H and O–H groups in total. The number of carbonyl (C=O) groups is 1. The van der Waals surface area contributed by atoms with Crippen LogP contribution in [0, 0.1) is 26.2 Å². The van der Waals surface area contributed by atoms with Crippen molar-refractivity contribution in [3.05, 3.63) is 34.6 Å². The number of hydrogen-bond donors (Lipinski definition) is 2. The smallest absolute Gasteiger partial charge is 0.287 e. The van der Waals surface area contributed by atoms with E-state index in [1.165, 1.54) is 0 Å². The van der Waals surface area contributed by atoms with Crippen LogP contribution in [0.5, 0.6) is 0 Å². The standard InChI is InChI=1S/C19H26N2O2.ClH/c1-12-5-6-13(2)16-15(12)14(3)17(23-16)18(22)21-11-19(4)7-9-20-10-8-19;/h5-6,20H,7-11H2,1-4H3,(H,21,22);1H. The third kappa shape index (κ3) is 3.45. The molecule has 1 aromatic heterocycles. The Balaban J connectivity index is 0.00000208. The molecule has 0 bridgehead atoms. The third-order valence-corrected chi connectivity index (χ3v) is 5.18. The predicted octanol–water partition coefficient (Wildman–Crippen LogP) is 3.90. The summed E-state index contributed by atoms with van der Waals surface area (Å²) in [5.74, 6) is 0.354. The number of furan rings is 1. The fourth-order valence-electron chi connectivity index (χ4n) is 3.47. The van der Waals surface area contributed by atoms with Gasteiger partial charge in [0.15, 0.2) is 5.76 Å². The maximum absolute atomic E-state index is 12.6. The summed E-state index contributed by atoms with van der Waals surface area (Å²) in [5, 5.41) is 7.53. The van der Waals surface area contributed by atoms with E-state index in [-0.39, 0.29) is 23.7 Å². The topological polar surface area (TPSA) is 54.3 Å². The Kier molecular flexibility index (Phi) is 5.61. The van der Waals surface area contributed by atoms with E-state index in [4.69, 9.17) is 4.42 Å². The Labute approximate surface area is 149 Å². The Morgan fingerprint density at radius 3 is 2.46 bits per heavy atom. The van der Waals surface area contributed by atoms with Crippen molar-refractivity contribution < 1.29 is 9.21 Å². The molecule has 5 heteroatoms. The molecule has 1 aliphatic heterocycles. The Bertz CT molecular complexity index is 745. The number of halogens is 1. The molecule has 4 nitrogen and oxygen atoms in total. The normalized spacial score (nSPS) is 16.7. The van der Waals surface area contributed by atoms with Crippen LogP contribution >= 0.6 is 12.4 Å². The van der Waals surface area contributed by atoms with Gasteiger partial charge in [0.25, 0.3) is 5.91 Å². The van der Waals surface area contributed by atoms with Crippen LogP contribution in [0.3, 0.4) is 0 Å². The summed E-state index contributed by atoms with van der Waals surface area (Å²) in [7, 11) is 0. The molecule has 0 aliphatic carbocycles. The van der Waals surface area contributed by atoms with Crippen LogP contribution < -0.4 is 10.6 Å². The van der Waals surface area contributed by atoms with Crippen LogP contribution in [0.1, 0.15) is 47.0 Å². The van der Waals surface area contributed by atoms with Crippen molar-refractivity contribution in [3.8, 4) is 0 Å². The van der Waals surface area contributed by atoms with Gasteiger partial charge < -0.3 is 15.1 Å². The first-order valence-electron chi connectivity index (χ1n) is 8.39. The number of benzene rings is 1. The molecule has 2 heterocycles. The minimum atomic E-state index is -0.0998. The van der Waals surface area contributed by atoms with Gasteiger partial charge in [0.2, 0.25) is 0 Å². The monoisotopic (exact) mass is 350 g/mol. The van der Waals surface area contributed by atoms with Gasteiger partial charge in [-0.3, -0.25) is 4.79 Å². The molecule has 0 radical (unpaired) electrons. The van der Waals surface area contributed by atoms with E-state index in [2.05, 4.69) is 30.5 Å². The second kappa shape index (κ2) is 7.16. The van der Waals surface area contributed by atoms with Crippen molar-refractivity contribution in [2.75, 3.05) is 19.6 Å². The highest BCUT2D eigenvalue weighted by molar-refractivity contribution is 6.00. The second-order valence-electron chi connectivity index (χ2n) is 7.20. The molecular formula is C19H27ClN2O2. The molecule has 0 saturated carbocycles. The van der Waals surface area contributed by atoms with Crippen molar-refractivity contribution in [1.82, 2.24) is 10.6 Å². The molecule has 0 atom stereocenters. The van der Waals surface area contributed by atoms with E-state index in [1.807, 2.05) is 19.9 Å². The van der Waals surface area contributed by atoms with Gasteiger partial charge in [0.1, 0.15) is 5.58 Å². The third-order valence-electron chi connectivity index (χ3n) is 5.18. The lowest BCUT2D eigenvalue weighted by Crippen LogP contribution is -2.42. The average molecular weight is 351 g/mol. The number of fused-ring (bicyclic) bond motifs is 1. The van der Waals surface area contributed by atoms with Crippen molar-refractivity contribution in [2.24, 2.45) is 5.41 Å². The number of carbonyl (C=O) groups excluding carboxylic acids is 1. The first-order valence-corrected chi connectivity index (χ1v) is 8.39. The molecule has 24 heavy (non-hydrogen) atoms. The van der Waals surface area contributed by atoms with Gasteiger partial charge in [0, 0.05) is 17.5 Å². The van der Waals surface area contributed by atoms with E-state index >= 15 is 0 Å². The van der Waals surface area contributed by atoms with E-state index in [9.17, 15) is 4.79 Å². The summed E-state index contributed by atoms with van der Waals surface area (Å²) in [5.41, 5.74) is 4.16. The lowest BCUT2D eigenvalue weighted by Gasteiger charge is -2.34. The van der Waals surface area contributed by atoms with Gasteiger partial charge in [-0.05, 0) is 63.2 Å². The zero-order valence-corrected chi connectivity index (χ0v) is 15.7. The van der Waals surface area contributed by atoms with Gasteiger partial charge >= 0.3 is 0 Å². The fraction of sp³-hybridized carbons (Fsp3) is 0.526. The Morgan fingerprint density at radius 2 is 1.83 bits per heavy atom. The van der Waals surface area contributed by atoms with E-state index in [0.29, 0.717) is 12.3 Å². The van der Waals surface area contributed by atoms with Crippen molar-refractivity contribution in [2.45, 2.75) is 40.5 Å². The maximum Gasteiger partial charge on any atom is 0.287 e. The highest BCUT2D eigenvalue weighted by Crippen LogP contribution is 2.31. The molecule has 0 spiro atoms. The van der Waals surface area contributed by atoms with Crippen molar-refractivity contribution in [1.29, 1.82) is 0 Å². The molecule has 1 fully saturated rings. The predicted molar refractivity (Wildman–Crippen MR) is 100 cm³/mol. The molecule has 1 aromatic carbocycles. The zero-order valence-electron chi connectivity index (χ0n) is 14.9. The van der Waals surface area contributed by atoms with E-state index in [1.54, 1.807) is 0 Å². The summed E-state index contributed by atoms with van der Waals surface area (Å²) in [6.07, 6.45) is 2.18. The summed E-state index contributed by atoms with van der Waals surface area (Å²) in [6.45, 7) is 11.0. The Hall–Kier alpha value is -1.52. The highest BCUT2D eigenvalue weighted by atomic mass is 35.5. The average Bonchev–Trinajstić information content (AvgIpc) is 2.88. The van der Waals surface area contributed by atoms with Crippen molar-refractivity contribution >= 4 is 29.3 Å². The van der Waals surface area contributed by atoms with Crippen LogP contribution in [0.15, 0.2) is 16.5 Å². The lowest BCUT2D eigenvalue weighted by atomic mass is 9.81.